The smallest absolute Gasteiger partial charge is 0.0279 e. The highest BCUT2D eigenvalue weighted by atomic mass is 14.7. The summed E-state index contributed by atoms with van der Waals surface area (Å²) in [5.74, 6) is 2.70. The van der Waals surface area contributed by atoms with Gasteiger partial charge in [0.1, 0.15) is 0 Å². The zero-order valence-corrected chi connectivity index (χ0v) is 7.92. The Balaban J connectivity index is 2.02. The van der Waals surface area contributed by atoms with Gasteiger partial charge in [-0.25, -0.2) is 0 Å². The van der Waals surface area contributed by atoms with Crippen LogP contribution in [0.3, 0.4) is 0 Å². The Morgan fingerprint density at radius 1 is 1.42 bits per heavy atom. The highest BCUT2D eigenvalue weighted by Gasteiger charge is 2.41. The molecule has 2 fully saturated rings. The lowest BCUT2D eigenvalue weighted by Gasteiger charge is -2.27. The molecule has 12 heavy (non-hydrogen) atoms. The zero-order valence-electron chi connectivity index (χ0n) is 7.92. The number of hydrogen-bond donors (Lipinski definition) is 1. The van der Waals surface area contributed by atoms with Crippen molar-refractivity contribution in [2.75, 3.05) is 0 Å². The average Bonchev–Trinajstić information content (AvgIpc) is 2.62. The van der Waals surface area contributed by atoms with Gasteiger partial charge >= 0.3 is 0 Å². The van der Waals surface area contributed by atoms with E-state index in [-0.39, 0.29) is 6.04 Å². The second-order valence-corrected chi connectivity index (χ2v) is 4.71. The maximum Gasteiger partial charge on any atom is 0.0279 e. The molecule has 2 rings (SSSR count). The van der Waals surface area contributed by atoms with E-state index >= 15 is 0 Å². The van der Waals surface area contributed by atoms with Crippen molar-refractivity contribution in [3.8, 4) is 0 Å². The van der Waals surface area contributed by atoms with Gasteiger partial charge in [-0.05, 0) is 43.9 Å². The topological polar surface area (TPSA) is 26.0 Å². The Bertz CT molecular complexity index is 197. The van der Waals surface area contributed by atoms with Gasteiger partial charge in [0, 0.05) is 6.04 Å². The van der Waals surface area contributed by atoms with E-state index in [0.717, 1.165) is 17.8 Å². The maximum absolute atomic E-state index is 6.11. The van der Waals surface area contributed by atoms with E-state index in [2.05, 4.69) is 13.5 Å². The van der Waals surface area contributed by atoms with Crippen LogP contribution in [0.5, 0.6) is 0 Å². The van der Waals surface area contributed by atoms with E-state index in [1.54, 1.807) is 0 Å². The van der Waals surface area contributed by atoms with Crippen LogP contribution >= 0.6 is 0 Å². The van der Waals surface area contributed by atoms with Crippen molar-refractivity contribution in [2.24, 2.45) is 23.5 Å². The molecule has 1 nitrogen and oxygen atoms in total. The minimum absolute atomic E-state index is 0.278. The lowest BCUT2D eigenvalue weighted by Crippen LogP contribution is -2.34. The van der Waals surface area contributed by atoms with E-state index in [4.69, 9.17) is 5.73 Å². The Labute approximate surface area is 75.0 Å². The molecule has 0 aromatic carbocycles. The zero-order chi connectivity index (χ0) is 8.72. The van der Waals surface area contributed by atoms with Crippen LogP contribution in [0.25, 0.3) is 0 Å². The minimum Gasteiger partial charge on any atom is -0.324 e. The van der Waals surface area contributed by atoms with Gasteiger partial charge in [-0.15, -0.1) is 0 Å². The summed E-state index contributed by atoms with van der Waals surface area (Å²) < 4.78 is 0. The van der Waals surface area contributed by atoms with Crippen LogP contribution in [0.15, 0.2) is 12.2 Å². The molecule has 0 aliphatic heterocycles. The average molecular weight is 165 g/mol. The van der Waals surface area contributed by atoms with E-state index in [1.807, 2.05) is 0 Å². The van der Waals surface area contributed by atoms with Gasteiger partial charge in [0.15, 0.2) is 0 Å². The lowest BCUT2D eigenvalue weighted by molar-refractivity contribution is 0.301. The Kier molecular flexibility index (Phi) is 1.99. The van der Waals surface area contributed by atoms with Gasteiger partial charge in [0.2, 0.25) is 0 Å². The molecule has 2 saturated carbocycles. The summed E-state index contributed by atoms with van der Waals surface area (Å²) in [6.07, 6.45) is 5.71. The first-order chi connectivity index (χ1) is 5.68. The fourth-order valence-corrected chi connectivity index (χ4v) is 3.10. The standard InChI is InChI=1S/C11H19N/c1-7(2)11(12)10-6-8-3-4-9(10)5-8/h8-11H,1,3-6,12H2,2H3. The van der Waals surface area contributed by atoms with Crippen molar-refractivity contribution in [2.45, 2.75) is 38.6 Å². The molecule has 2 N–H and O–H groups in total. The fourth-order valence-electron chi connectivity index (χ4n) is 3.10. The summed E-state index contributed by atoms with van der Waals surface area (Å²) in [6.45, 7) is 6.02. The monoisotopic (exact) mass is 165 g/mol. The van der Waals surface area contributed by atoms with Crippen molar-refractivity contribution in [1.29, 1.82) is 0 Å². The van der Waals surface area contributed by atoms with Crippen molar-refractivity contribution in [1.82, 2.24) is 0 Å². The minimum atomic E-state index is 0.278. The summed E-state index contributed by atoms with van der Waals surface area (Å²) in [6, 6.07) is 0.278. The highest BCUT2D eigenvalue weighted by Crippen LogP contribution is 2.49. The predicted molar refractivity (Wildman–Crippen MR) is 51.7 cm³/mol. The third-order valence-corrected chi connectivity index (χ3v) is 3.82. The molecule has 0 aromatic heterocycles. The summed E-state index contributed by atoms with van der Waals surface area (Å²) in [5.41, 5.74) is 7.28. The molecule has 0 radical (unpaired) electrons. The third-order valence-electron chi connectivity index (χ3n) is 3.82. The summed E-state index contributed by atoms with van der Waals surface area (Å²) in [7, 11) is 0. The number of hydrogen-bond acceptors (Lipinski definition) is 1. The van der Waals surface area contributed by atoms with Gasteiger partial charge in [-0.3, -0.25) is 0 Å². The van der Waals surface area contributed by atoms with E-state index < -0.39 is 0 Å². The first-order valence-corrected chi connectivity index (χ1v) is 5.09. The molecule has 0 amide bonds. The van der Waals surface area contributed by atoms with Crippen molar-refractivity contribution in [3.05, 3.63) is 12.2 Å². The van der Waals surface area contributed by atoms with Crippen LogP contribution in [0.2, 0.25) is 0 Å². The quantitative estimate of drug-likeness (QED) is 0.624. The summed E-state index contributed by atoms with van der Waals surface area (Å²) in [5, 5.41) is 0. The van der Waals surface area contributed by atoms with Gasteiger partial charge in [0.05, 0.1) is 0 Å². The number of rotatable bonds is 2. The third kappa shape index (κ3) is 1.20. The highest BCUT2D eigenvalue weighted by molar-refractivity contribution is 5.07. The van der Waals surface area contributed by atoms with Crippen LogP contribution in [0.4, 0.5) is 0 Å². The molecule has 4 atom stereocenters. The van der Waals surface area contributed by atoms with Crippen molar-refractivity contribution in [3.63, 3.8) is 0 Å². The normalized spacial score (nSPS) is 41.7. The summed E-state index contributed by atoms with van der Waals surface area (Å²) >= 11 is 0. The molecule has 0 spiro atoms. The summed E-state index contributed by atoms with van der Waals surface area (Å²) in [4.78, 5) is 0. The predicted octanol–water partition coefficient (Wildman–Crippen LogP) is 2.33. The van der Waals surface area contributed by atoms with Gasteiger partial charge in [-0.2, -0.15) is 0 Å². The molecular weight excluding hydrogens is 146 g/mol. The van der Waals surface area contributed by atoms with E-state index in [9.17, 15) is 0 Å². The Morgan fingerprint density at radius 3 is 2.58 bits per heavy atom. The van der Waals surface area contributed by atoms with Crippen LogP contribution in [0.1, 0.15) is 32.6 Å². The fraction of sp³-hybridized carbons (Fsp3) is 0.818. The first-order valence-electron chi connectivity index (χ1n) is 5.09. The SMILES string of the molecule is C=C(C)C(N)C1CC2CCC1C2. The van der Waals surface area contributed by atoms with Gasteiger partial charge in [0.25, 0.3) is 0 Å². The largest absolute Gasteiger partial charge is 0.324 e. The molecule has 68 valence electrons. The van der Waals surface area contributed by atoms with Crippen molar-refractivity contribution >= 4 is 0 Å². The number of nitrogens with two attached hydrogens (primary N) is 1. The molecule has 1 heteroatoms. The number of fused-ring (bicyclic) bond motifs is 2. The second-order valence-electron chi connectivity index (χ2n) is 4.71. The van der Waals surface area contributed by atoms with E-state index in [0.29, 0.717) is 0 Å². The molecule has 2 aliphatic rings. The van der Waals surface area contributed by atoms with Gasteiger partial charge < -0.3 is 5.73 Å². The molecule has 0 heterocycles. The molecule has 0 aromatic rings. The Morgan fingerprint density at radius 2 is 2.17 bits per heavy atom. The molecule has 2 aliphatic carbocycles. The second kappa shape index (κ2) is 2.88. The van der Waals surface area contributed by atoms with Crippen LogP contribution in [-0.2, 0) is 0 Å². The molecule has 2 bridgehead atoms. The molecule has 4 unspecified atom stereocenters. The van der Waals surface area contributed by atoms with E-state index in [1.165, 1.54) is 31.3 Å². The van der Waals surface area contributed by atoms with Crippen molar-refractivity contribution < 1.29 is 0 Å². The van der Waals surface area contributed by atoms with Crippen LogP contribution in [-0.4, -0.2) is 6.04 Å². The maximum atomic E-state index is 6.11. The first kappa shape index (κ1) is 8.31. The van der Waals surface area contributed by atoms with Gasteiger partial charge in [-0.1, -0.05) is 18.6 Å². The van der Waals surface area contributed by atoms with Crippen LogP contribution < -0.4 is 5.73 Å². The van der Waals surface area contributed by atoms with Crippen LogP contribution in [0, 0.1) is 17.8 Å². The Hall–Kier alpha value is -0.300. The molecular formula is C11H19N. The lowest BCUT2D eigenvalue weighted by atomic mass is 9.81. The molecule has 0 saturated heterocycles.